The molecule has 2 aromatic carbocycles. The summed E-state index contributed by atoms with van der Waals surface area (Å²) in [4.78, 5) is 31.8. The number of para-hydroxylation sites is 1. The summed E-state index contributed by atoms with van der Waals surface area (Å²) in [5.41, 5.74) is 1.61. The SMILES string of the molecule is COc1ccc(NC(=O)CSc2nc3c(cnn3-c3ccccc3)c(=O)[nH]2)cc1. The number of hydrogen-bond donors (Lipinski definition) is 2. The van der Waals surface area contributed by atoms with Gasteiger partial charge in [-0.3, -0.25) is 9.59 Å². The fourth-order valence-corrected chi connectivity index (χ4v) is 3.39. The molecule has 2 heterocycles. The van der Waals surface area contributed by atoms with Gasteiger partial charge in [-0.1, -0.05) is 30.0 Å². The summed E-state index contributed by atoms with van der Waals surface area (Å²) in [5, 5.41) is 7.80. The van der Waals surface area contributed by atoms with Crippen LogP contribution in [0.2, 0.25) is 0 Å². The summed E-state index contributed by atoms with van der Waals surface area (Å²) in [6.45, 7) is 0. The highest BCUT2D eigenvalue weighted by Gasteiger charge is 2.13. The van der Waals surface area contributed by atoms with E-state index >= 15 is 0 Å². The van der Waals surface area contributed by atoms with Crippen LogP contribution in [-0.4, -0.2) is 38.5 Å². The summed E-state index contributed by atoms with van der Waals surface area (Å²) in [5.74, 6) is 0.599. The van der Waals surface area contributed by atoms with Crippen molar-refractivity contribution in [3.63, 3.8) is 0 Å². The van der Waals surface area contributed by atoms with Crippen LogP contribution >= 0.6 is 11.8 Å². The van der Waals surface area contributed by atoms with E-state index in [4.69, 9.17) is 4.74 Å². The number of fused-ring (bicyclic) bond motifs is 1. The lowest BCUT2D eigenvalue weighted by atomic mass is 10.3. The van der Waals surface area contributed by atoms with Crippen molar-refractivity contribution in [2.75, 3.05) is 18.2 Å². The number of aromatic nitrogens is 4. The zero-order chi connectivity index (χ0) is 20.2. The van der Waals surface area contributed by atoms with Crippen LogP contribution in [-0.2, 0) is 4.79 Å². The predicted octanol–water partition coefficient (Wildman–Crippen LogP) is 2.85. The third kappa shape index (κ3) is 4.14. The standard InChI is InChI=1S/C20H17N5O3S/c1-28-15-9-7-13(8-10-15)22-17(26)12-29-20-23-18-16(19(27)24-20)11-21-25(18)14-5-3-2-4-6-14/h2-11H,12H2,1H3,(H,22,26)(H,23,24,27). The number of anilines is 1. The molecule has 8 nitrogen and oxygen atoms in total. The third-order valence-corrected chi connectivity index (χ3v) is 5.00. The second kappa shape index (κ2) is 8.19. The first-order valence-corrected chi connectivity index (χ1v) is 9.73. The minimum atomic E-state index is -0.296. The number of methoxy groups -OCH3 is 1. The zero-order valence-electron chi connectivity index (χ0n) is 15.5. The van der Waals surface area contributed by atoms with Crippen molar-refractivity contribution in [3.8, 4) is 11.4 Å². The van der Waals surface area contributed by atoms with Gasteiger partial charge in [-0.2, -0.15) is 5.10 Å². The number of carbonyl (C=O) groups excluding carboxylic acids is 1. The number of thioether (sulfide) groups is 1. The second-order valence-corrected chi connectivity index (χ2v) is 7.03. The first-order valence-electron chi connectivity index (χ1n) is 8.74. The van der Waals surface area contributed by atoms with Crippen LogP contribution < -0.4 is 15.6 Å². The van der Waals surface area contributed by atoms with Crippen molar-refractivity contribution in [2.45, 2.75) is 5.16 Å². The molecular formula is C20H17N5O3S. The van der Waals surface area contributed by atoms with Crippen LogP contribution in [0.1, 0.15) is 0 Å². The maximum Gasteiger partial charge on any atom is 0.262 e. The van der Waals surface area contributed by atoms with Crippen molar-refractivity contribution in [1.82, 2.24) is 19.7 Å². The van der Waals surface area contributed by atoms with Crippen LogP contribution in [0.15, 0.2) is 70.7 Å². The van der Waals surface area contributed by atoms with Crippen LogP contribution in [0.25, 0.3) is 16.7 Å². The molecule has 1 amide bonds. The lowest BCUT2D eigenvalue weighted by Crippen LogP contribution is -2.15. The van der Waals surface area contributed by atoms with Gasteiger partial charge in [-0.25, -0.2) is 9.67 Å². The Balaban J connectivity index is 1.50. The molecule has 9 heteroatoms. The largest absolute Gasteiger partial charge is 0.497 e. The number of H-pyrrole nitrogens is 1. The quantitative estimate of drug-likeness (QED) is 0.376. The summed E-state index contributed by atoms with van der Waals surface area (Å²) < 4.78 is 6.70. The zero-order valence-corrected chi connectivity index (χ0v) is 16.3. The Morgan fingerprint density at radius 3 is 2.66 bits per heavy atom. The first-order chi connectivity index (χ1) is 14.1. The van der Waals surface area contributed by atoms with E-state index in [1.54, 1.807) is 36.1 Å². The number of benzene rings is 2. The van der Waals surface area contributed by atoms with Crippen molar-refractivity contribution in [3.05, 3.63) is 71.1 Å². The third-order valence-electron chi connectivity index (χ3n) is 4.13. The molecule has 0 aliphatic heterocycles. The number of amides is 1. The van der Waals surface area contributed by atoms with Crippen molar-refractivity contribution in [1.29, 1.82) is 0 Å². The molecule has 0 saturated heterocycles. The Labute approximate surface area is 169 Å². The monoisotopic (exact) mass is 407 g/mol. The highest BCUT2D eigenvalue weighted by Crippen LogP contribution is 2.19. The molecule has 2 N–H and O–H groups in total. The van der Waals surface area contributed by atoms with E-state index in [2.05, 4.69) is 20.4 Å². The lowest BCUT2D eigenvalue weighted by Gasteiger charge is -2.06. The molecular weight excluding hydrogens is 390 g/mol. The van der Waals surface area contributed by atoms with E-state index in [1.807, 2.05) is 30.3 Å². The molecule has 0 spiro atoms. The molecule has 0 radical (unpaired) electrons. The van der Waals surface area contributed by atoms with E-state index in [9.17, 15) is 9.59 Å². The minimum absolute atomic E-state index is 0.0972. The molecule has 4 rings (SSSR count). The van der Waals surface area contributed by atoms with Crippen LogP contribution in [0, 0.1) is 0 Å². The lowest BCUT2D eigenvalue weighted by molar-refractivity contribution is -0.113. The number of nitrogens with one attached hydrogen (secondary N) is 2. The van der Waals surface area contributed by atoms with Gasteiger partial charge in [0.1, 0.15) is 11.1 Å². The molecule has 29 heavy (non-hydrogen) atoms. The van der Waals surface area contributed by atoms with E-state index in [-0.39, 0.29) is 17.2 Å². The molecule has 0 aliphatic carbocycles. The highest BCUT2D eigenvalue weighted by atomic mass is 32.2. The number of aromatic amines is 1. The van der Waals surface area contributed by atoms with Gasteiger partial charge >= 0.3 is 0 Å². The number of nitrogens with zero attached hydrogens (tertiary/aromatic N) is 3. The molecule has 0 aliphatic rings. The topological polar surface area (TPSA) is 102 Å². The van der Waals surface area contributed by atoms with Gasteiger partial charge in [-0.05, 0) is 36.4 Å². The Morgan fingerprint density at radius 2 is 1.93 bits per heavy atom. The fraction of sp³-hybridized carbons (Fsp3) is 0.100. The molecule has 0 bridgehead atoms. The van der Waals surface area contributed by atoms with E-state index in [0.717, 1.165) is 17.4 Å². The number of hydrogen-bond acceptors (Lipinski definition) is 6. The normalized spacial score (nSPS) is 10.8. The highest BCUT2D eigenvalue weighted by molar-refractivity contribution is 7.99. The summed E-state index contributed by atoms with van der Waals surface area (Å²) >= 11 is 1.15. The average Bonchev–Trinajstić information content (AvgIpc) is 3.18. The number of carbonyl (C=O) groups is 1. The minimum Gasteiger partial charge on any atom is -0.497 e. The molecule has 2 aromatic heterocycles. The van der Waals surface area contributed by atoms with Crippen molar-refractivity contribution in [2.24, 2.45) is 0 Å². The van der Waals surface area contributed by atoms with E-state index in [0.29, 0.717) is 27.6 Å². The van der Waals surface area contributed by atoms with Crippen LogP contribution in [0.4, 0.5) is 5.69 Å². The predicted molar refractivity (Wildman–Crippen MR) is 112 cm³/mol. The molecule has 0 unspecified atom stereocenters. The molecule has 0 saturated carbocycles. The van der Waals surface area contributed by atoms with Gasteiger partial charge in [0.05, 0.1) is 24.7 Å². The first kappa shape index (κ1) is 18.8. The Bertz CT molecular complexity index is 1200. The van der Waals surface area contributed by atoms with Gasteiger partial charge in [0.25, 0.3) is 5.56 Å². The average molecular weight is 407 g/mol. The maximum absolute atomic E-state index is 12.4. The van der Waals surface area contributed by atoms with Crippen molar-refractivity contribution >= 4 is 34.4 Å². The molecule has 0 atom stereocenters. The van der Waals surface area contributed by atoms with Crippen LogP contribution in [0.3, 0.4) is 0 Å². The van der Waals surface area contributed by atoms with E-state index in [1.165, 1.54) is 6.20 Å². The molecule has 146 valence electrons. The Hall–Kier alpha value is -3.59. The maximum atomic E-state index is 12.4. The summed E-state index contributed by atoms with van der Waals surface area (Å²) in [6, 6.07) is 16.5. The Kier molecular flexibility index (Phi) is 5.30. The fourth-order valence-electron chi connectivity index (χ4n) is 2.73. The molecule has 0 fully saturated rings. The van der Waals surface area contributed by atoms with Gasteiger partial charge in [0, 0.05) is 5.69 Å². The van der Waals surface area contributed by atoms with Gasteiger partial charge in [0.15, 0.2) is 10.8 Å². The summed E-state index contributed by atoms with van der Waals surface area (Å²) in [7, 11) is 1.58. The van der Waals surface area contributed by atoms with Gasteiger partial charge in [0.2, 0.25) is 5.91 Å². The second-order valence-electron chi connectivity index (χ2n) is 6.07. The smallest absolute Gasteiger partial charge is 0.262 e. The van der Waals surface area contributed by atoms with Crippen LogP contribution in [0.5, 0.6) is 5.75 Å². The summed E-state index contributed by atoms with van der Waals surface area (Å²) in [6.07, 6.45) is 1.49. The van der Waals surface area contributed by atoms with E-state index < -0.39 is 0 Å². The number of ether oxygens (including phenoxy) is 1. The molecule has 4 aromatic rings. The number of rotatable bonds is 6. The van der Waals surface area contributed by atoms with Crippen molar-refractivity contribution < 1.29 is 9.53 Å². The Morgan fingerprint density at radius 1 is 1.17 bits per heavy atom. The van der Waals surface area contributed by atoms with Gasteiger partial charge in [-0.15, -0.1) is 0 Å². The van der Waals surface area contributed by atoms with Gasteiger partial charge < -0.3 is 15.0 Å².